The van der Waals surface area contributed by atoms with Gasteiger partial charge < -0.3 is 5.32 Å². The summed E-state index contributed by atoms with van der Waals surface area (Å²) in [5.41, 5.74) is 0.879. The molecule has 1 heterocycles. The van der Waals surface area contributed by atoms with E-state index in [1.807, 2.05) is 27.7 Å². The van der Waals surface area contributed by atoms with Gasteiger partial charge in [0.15, 0.2) is 0 Å². The Hall–Kier alpha value is -0.960. The molecule has 1 rings (SSSR count). The Labute approximate surface area is 99.3 Å². The van der Waals surface area contributed by atoms with Gasteiger partial charge in [0.2, 0.25) is 0 Å². The fraction of sp³-hybridized carbons (Fsp3) is 0.615. The second-order valence-electron chi connectivity index (χ2n) is 2.64. The molecule has 1 N–H and O–H groups in total. The molecule has 0 saturated heterocycles. The molecule has 0 aliphatic carbocycles. The largest absolute Gasteiger partial charge is 0.311 e. The van der Waals surface area contributed by atoms with E-state index < -0.39 is 0 Å². The highest BCUT2D eigenvalue weighted by atomic mass is 19.1. The van der Waals surface area contributed by atoms with Gasteiger partial charge >= 0.3 is 0 Å². The summed E-state index contributed by atoms with van der Waals surface area (Å²) in [7, 11) is 0. The summed E-state index contributed by atoms with van der Waals surface area (Å²) in [5.74, 6) is -0.283. The third kappa shape index (κ3) is 9.59. The molecule has 3 heteroatoms. The standard InChI is InChI=1S/C9H13FN2.2C2H6/c1-2-5-11-7-9-4-3-8(10)6-12-9;2*1-2/h3-4,6,11H,2,5,7H2,1H3;2*1-2H3. The second-order valence-corrected chi connectivity index (χ2v) is 2.64. The van der Waals surface area contributed by atoms with Crippen molar-refractivity contribution in [2.24, 2.45) is 0 Å². The molecular formula is C13H25FN2. The van der Waals surface area contributed by atoms with Crippen LogP contribution in [0.2, 0.25) is 0 Å². The Kier molecular flexibility index (Phi) is 15.3. The molecule has 0 amide bonds. The Morgan fingerprint density at radius 2 is 1.81 bits per heavy atom. The van der Waals surface area contributed by atoms with Crippen molar-refractivity contribution in [3.63, 3.8) is 0 Å². The summed E-state index contributed by atoms with van der Waals surface area (Å²) in [6.45, 7) is 11.8. The lowest BCUT2D eigenvalue weighted by molar-refractivity contribution is 0.613. The van der Waals surface area contributed by atoms with Crippen LogP contribution in [0.15, 0.2) is 18.3 Å². The first-order valence-electron chi connectivity index (χ1n) is 6.14. The summed E-state index contributed by atoms with van der Waals surface area (Å²) < 4.78 is 12.4. The molecule has 1 aromatic heterocycles. The lowest BCUT2D eigenvalue weighted by Crippen LogP contribution is -2.14. The number of hydrogen-bond donors (Lipinski definition) is 1. The minimum atomic E-state index is -0.283. The third-order valence-corrected chi connectivity index (χ3v) is 1.52. The zero-order chi connectivity index (χ0) is 12.8. The maximum Gasteiger partial charge on any atom is 0.141 e. The minimum absolute atomic E-state index is 0.283. The summed E-state index contributed by atoms with van der Waals surface area (Å²) in [6.07, 6.45) is 2.34. The van der Waals surface area contributed by atoms with Crippen LogP contribution in [0.4, 0.5) is 4.39 Å². The van der Waals surface area contributed by atoms with E-state index in [1.54, 1.807) is 6.07 Å². The minimum Gasteiger partial charge on any atom is -0.311 e. The number of halogens is 1. The lowest BCUT2D eigenvalue weighted by atomic mass is 10.3. The number of nitrogens with zero attached hydrogens (tertiary/aromatic N) is 1. The third-order valence-electron chi connectivity index (χ3n) is 1.52. The molecule has 0 saturated carbocycles. The summed E-state index contributed by atoms with van der Waals surface area (Å²) in [5, 5.41) is 3.19. The zero-order valence-electron chi connectivity index (χ0n) is 11.2. The van der Waals surface area contributed by atoms with Gasteiger partial charge in [0, 0.05) is 6.54 Å². The normalized spacial score (nSPS) is 8.38. The molecule has 2 nitrogen and oxygen atoms in total. The highest BCUT2D eigenvalue weighted by Gasteiger charge is 1.93. The molecule has 0 spiro atoms. The van der Waals surface area contributed by atoms with Crippen LogP contribution in [0.3, 0.4) is 0 Å². The van der Waals surface area contributed by atoms with Crippen LogP contribution in [0.25, 0.3) is 0 Å². The van der Waals surface area contributed by atoms with Crippen LogP contribution < -0.4 is 5.32 Å². The van der Waals surface area contributed by atoms with Gasteiger partial charge in [-0.25, -0.2) is 4.39 Å². The van der Waals surface area contributed by atoms with E-state index in [0.29, 0.717) is 6.54 Å². The maximum atomic E-state index is 12.4. The SMILES string of the molecule is CC.CC.CCCNCc1ccc(F)cn1. The fourth-order valence-electron chi connectivity index (χ4n) is 0.904. The first-order chi connectivity index (χ1) is 7.83. The molecule has 0 aliphatic heterocycles. The van der Waals surface area contributed by atoms with E-state index in [9.17, 15) is 4.39 Å². The molecule has 0 aromatic carbocycles. The lowest BCUT2D eigenvalue weighted by Gasteiger charge is -2.01. The average molecular weight is 228 g/mol. The Bertz CT molecular complexity index is 222. The van der Waals surface area contributed by atoms with Crippen molar-refractivity contribution in [2.75, 3.05) is 6.54 Å². The number of pyridine rings is 1. The van der Waals surface area contributed by atoms with Crippen LogP contribution in [0.1, 0.15) is 46.7 Å². The van der Waals surface area contributed by atoms with Crippen LogP contribution in [-0.4, -0.2) is 11.5 Å². The Morgan fingerprint density at radius 1 is 1.19 bits per heavy atom. The molecule has 16 heavy (non-hydrogen) atoms. The fourth-order valence-corrected chi connectivity index (χ4v) is 0.904. The van der Waals surface area contributed by atoms with Crippen molar-refractivity contribution in [3.05, 3.63) is 29.8 Å². The topological polar surface area (TPSA) is 24.9 Å². The molecule has 0 unspecified atom stereocenters. The number of rotatable bonds is 4. The van der Waals surface area contributed by atoms with E-state index in [1.165, 1.54) is 12.3 Å². The molecule has 94 valence electrons. The van der Waals surface area contributed by atoms with E-state index in [4.69, 9.17) is 0 Å². The zero-order valence-corrected chi connectivity index (χ0v) is 11.2. The van der Waals surface area contributed by atoms with Crippen molar-refractivity contribution in [2.45, 2.75) is 47.6 Å². The van der Waals surface area contributed by atoms with Gasteiger partial charge in [-0.2, -0.15) is 0 Å². The van der Waals surface area contributed by atoms with Crippen molar-refractivity contribution < 1.29 is 4.39 Å². The Balaban J connectivity index is 0. The van der Waals surface area contributed by atoms with Gasteiger partial charge in [0.05, 0.1) is 11.9 Å². The van der Waals surface area contributed by atoms with Crippen LogP contribution in [0.5, 0.6) is 0 Å². The highest BCUT2D eigenvalue weighted by molar-refractivity contribution is 5.04. The maximum absolute atomic E-state index is 12.4. The first-order valence-corrected chi connectivity index (χ1v) is 6.14. The van der Waals surface area contributed by atoms with E-state index in [2.05, 4.69) is 17.2 Å². The highest BCUT2D eigenvalue weighted by Crippen LogP contribution is 1.97. The molecule has 1 aromatic rings. The number of aromatic nitrogens is 1. The van der Waals surface area contributed by atoms with E-state index in [-0.39, 0.29) is 5.82 Å². The monoisotopic (exact) mass is 228 g/mol. The number of nitrogens with one attached hydrogen (secondary N) is 1. The van der Waals surface area contributed by atoms with Gasteiger partial charge in [0.1, 0.15) is 5.82 Å². The van der Waals surface area contributed by atoms with Gasteiger partial charge in [-0.3, -0.25) is 4.98 Å². The van der Waals surface area contributed by atoms with E-state index in [0.717, 1.165) is 18.7 Å². The predicted molar refractivity (Wildman–Crippen MR) is 68.9 cm³/mol. The van der Waals surface area contributed by atoms with Gasteiger partial charge in [-0.1, -0.05) is 34.6 Å². The average Bonchev–Trinajstić information content (AvgIpc) is 2.37. The Morgan fingerprint density at radius 3 is 2.25 bits per heavy atom. The van der Waals surface area contributed by atoms with Crippen molar-refractivity contribution in [1.29, 1.82) is 0 Å². The quantitative estimate of drug-likeness (QED) is 0.793. The summed E-state index contributed by atoms with van der Waals surface area (Å²) in [6, 6.07) is 3.12. The molecule has 0 fully saturated rings. The predicted octanol–water partition coefficient (Wildman–Crippen LogP) is 3.77. The first kappa shape index (κ1) is 17.4. The number of hydrogen-bond acceptors (Lipinski definition) is 2. The smallest absolute Gasteiger partial charge is 0.141 e. The molecule has 0 atom stereocenters. The van der Waals surface area contributed by atoms with Crippen LogP contribution in [-0.2, 0) is 6.54 Å². The summed E-state index contributed by atoms with van der Waals surface area (Å²) in [4.78, 5) is 3.91. The molecular weight excluding hydrogens is 203 g/mol. The molecule has 0 aliphatic rings. The van der Waals surface area contributed by atoms with Crippen molar-refractivity contribution >= 4 is 0 Å². The molecule has 0 radical (unpaired) electrons. The second kappa shape index (κ2) is 14.0. The van der Waals surface area contributed by atoms with Crippen LogP contribution in [0, 0.1) is 5.82 Å². The van der Waals surface area contributed by atoms with Gasteiger partial charge in [-0.15, -0.1) is 0 Å². The van der Waals surface area contributed by atoms with Crippen LogP contribution >= 0.6 is 0 Å². The van der Waals surface area contributed by atoms with Gasteiger partial charge in [-0.05, 0) is 25.1 Å². The van der Waals surface area contributed by atoms with Crippen molar-refractivity contribution in [1.82, 2.24) is 10.3 Å². The van der Waals surface area contributed by atoms with Crippen molar-refractivity contribution in [3.8, 4) is 0 Å². The van der Waals surface area contributed by atoms with Gasteiger partial charge in [0.25, 0.3) is 0 Å². The summed E-state index contributed by atoms with van der Waals surface area (Å²) >= 11 is 0. The van der Waals surface area contributed by atoms with E-state index >= 15 is 0 Å². The molecule has 0 bridgehead atoms.